The molecule has 0 aromatic heterocycles. The summed E-state index contributed by atoms with van der Waals surface area (Å²) in [5.41, 5.74) is -0.644. The molecule has 0 saturated carbocycles. The predicted octanol–water partition coefficient (Wildman–Crippen LogP) is 3.02. The van der Waals surface area contributed by atoms with Crippen molar-refractivity contribution in [2.75, 3.05) is 0 Å². The summed E-state index contributed by atoms with van der Waals surface area (Å²) in [4.78, 5) is -0.336. The van der Waals surface area contributed by atoms with E-state index >= 15 is 0 Å². The van der Waals surface area contributed by atoms with Crippen LogP contribution in [0.1, 0.15) is 5.56 Å². The van der Waals surface area contributed by atoms with E-state index in [9.17, 15) is 21.6 Å². The summed E-state index contributed by atoms with van der Waals surface area (Å²) in [6.07, 6.45) is -4.56. The number of hydrogen-bond donors (Lipinski definition) is 1. The van der Waals surface area contributed by atoms with E-state index in [0.29, 0.717) is 11.6 Å². The van der Waals surface area contributed by atoms with Crippen LogP contribution in [0.3, 0.4) is 0 Å². The molecule has 7 heteroatoms. The van der Waals surface area contributed by atoms with Gasteiger partial charge in [0.15, 0.2) is 0 Å². The summed E-state index contributed by atoms with van der Waals surface area (Å²) >= 11 is 0. The van der Waals surface area contributed by atoms with Crippen LogP contribution in [-0.4, -0.2) is 8.42 Å². The fourth-order valence-electron chi connectivity index (χ4n) is 1.80. The first-order valence-corrected chi connectivity index (χ1v) is 7.04. The first kappa shape index (κ1) is 14.5. The number of benzene rings is 2. The number of nitrogens with two attached hydrogens (primary N) is 1. The lowest BCUT2D eigenvalue weighted by atomic mass is 10.0. The molecule has 0 atom stereocenters. The Hall–Kier alpha value is -1.86. The maximum Gasteiger partial charge on any atom is 0.416 e. The molecule has 0 aliphatic rings. The molecule has 0 fully saturated rings. The molecule has 0 bridgehead atoms. The van der Waals surface area contributed by atoms with E-state index in [-0.39, 0.29) is 10.5 Å². The monoisotopic (exact) mass is 301 g/mol. The van der Waals surface area contributed by atoms with Crippen molar-refractivity contribution in [3.05, 3.63) is 54.1 Å². The fourth-order valence-corrected chi connectivity index (χ4v) is 2.54. The molecule has 0 unspecified atom stereocenters. The van der Waals surface area contributed by atoms with Crippen molar-refractivity contribution in [2.24, 2.45) is 5.14 Å². The molecule has 2 aromatic rings. The Labute approximate surface area is 113 Å². The first-order valence-electron chi connectivity index (χ1n) is 5.49. The number of rotatable bonds is 2. The molecule has 20 heavy (non-hydrogen) atoms. The number of hydrogen-bond acceptors (Lipinski definition) is 2. The van der Waals surface area contributed by atoms with Gasteiger partial charge in [-0.05, 0) is 23.8 Å². The summed E-state index contributed by atoms with van der Waals surface area (Å²) in [5.74, 6) is 0. The molecule has 0 aliphatic carbocycles. The SMILES string of the molecule is NS(=O)(=O)c1ccc(C(F)(F)F)cc1-c1ccccc1. The Morgan fingerprint density at radius 2 is 1.55 bits per heavy atom. The minimum Gasteiger partial charge on any atom is -0.225 e. The van der Waals surface area contributed by atoms with Gasteiger partial charge in [0.2, 0.25) is 10.0 Å². The van der Waals surface area contributed by atoms with E-state index in [1.807, 2.05) is 0 Å². The third kappa shape index (κ3) is 3.00. The first-order chi connectivity index (χ1) is 9.19. The van der Waals surface area contributed by atoms with Gasteiger partial charge in [0.25, 0.3) is 0 Å². The summed E-state index contributed by atoms with van der Waals surface area (Å²) < 4.78 is 61.2. The van der Waals surface area contributed by atoms with Crippen LogP contribution in [0.4, 0.5) is 13.2 Å². The summed E-state index contributed by atoms with van der Waals surface area (Å²) in [6.45, 7) is 0. The Bertz CT molecular complexity index is 725. The molecule has 2 rings (SSSR count). The van der Waals surface area contributed by atoms with E-state index < -0.39 is 21.8 Å². The van der Waals surface area contributed by atoms with E-state index in [2.05, 4.69) is 0 Å². The highest BCUT2D eigenvalue weighted by Gasteiger charge is 2.32. The maximum atomic E-state index is 12.7. The van der Waals surface area contributed by atoms with Gasteiger partial charge in [0.05, 0.1) is 10.5 Å². The summed E-state index contributed by atoms with van der Waals surface area (Å²) in [5, 5.41) is 5.05. The number of sulfonamides is 1. The molecule has 2 N–H and O–H groups in total. The molecule has 0 aliphatic heterocycles. The van der Waals surface area contributed by atoms with Crippen molar-refractivity contribution in [1.29, 1.82) is 0 Å². The van der Waals surface area contributed by atoms with Gasteiger partial charge in [0.1, 0.15) is 0 Å². The average Bonchev–Trinajstić information content (AvgIpc) is 2.37. The largest absolute Gasteiger partial charge is 0.416 e. The molecule has 2 aromatic carbocycles. The van der Waals surface area contributed by atoms with Gasteiger partial charge < -0.3 is 0 Å². The standard InChI is InChI=1S/C13H10F3NO2S/c14-13(15,16)10-6-7-12(20(17,18)19)11(8-10)9-4-2-1-3-5-9/h1-8H,(H2,17,18,19). The zero-order valence-electron chi connectivity index (χ0n) is 10.1. The lowest BCUT2D eigenvalue weighted by Gasteiger charge is -2.12. The van der Waals surface area contributed by atoms with Gasteiger partial charge in [-0.3, -0.25) is 0 Å². The van der Waals surface area contributed by atoms with Crippen molar-refractivity contribution in [2.45, 2.75) is 11.1 Å². The molecule has 0 radical (unpaired) electrons. The number of primary sulfonamides is 1. The van der Waals surface area contributed by atoms with Gasteiger partial charge in [-0.1, -0.05) is 30.3 Å². The Balaban J connectivity index is 2.74. The highest BCUT2D eigenvalue weighted by Crippen LogP contribution is 2.35. The average molecular weight is 301 g/mol. The van der Waals surface area contributed by atoms with Crippen molar-refractivity contribution in [3.8, 4) is 11.1 Å². The zero-order chi connectivity index (χ0) is 15.0. The van der Waals surface area contributed by atoms with Gasteiger partial charge in [0, 0.05) is 5.56 Å². The minimum absolute atomic E-state index is 0.0667. The molecule has 3 nitrogen and oxygen atoms in total. The minimum atomic E-state index is -4.56. The van der Waals surface area contributed by atoms with Crippen LogP contribution in [0.25, 0.3) is 11.1 Å². The number of alkyl halides is 3. The molecule has 106 valence electrons. The second kappa shape index (κ2) is 4.92. The Kier molecular flexibility index (Phi) is 3.58. The van der Waals surface area contributed by atoms with Gasteiger partial charge in [-0.15, -0.1) is 0 Å². The van der Waals surface area contributed by atoms with E-state index in [4.69, 9.17) is 5.14 Å². The molecule has 0 heterocycles. The zero-order valence-corrected chi connectivity index (χ0v) is 10.9. The molecular weight excluding hydrogens is 291 g/mol. The van der Waals surface area contributed by atoms with Crippen molar-refractivity contribution in [3.63, 3.8) is 0 Å². The quantitative estimate of drug-likeness (QED) is 0.927. The molecule has 0 spiro atoms. The van der Waals surface area contributed by atoms with Crippen molar-refractivity contribution >= 4 is 10.0 Å². The summed E-state index contributed by atoms with van der Waals surface area (Å²) in [6, 6.07) is 10.3. The van der Waals surface area contributed by atoms with Gasteiger partial charge in [-0.25, -0.2) is 13.6 Å². The van der Waals surface area contributed by atoms with Crippen LogP contribution >= 0.6 is 0 Å². The Morgan fingerprint density at radius 3 is 2.05 bits per heavy atom. The smallest absolute Gasteiger partial charge is 0.225 e. The van der Waals surface area contributed by atoms with Crippen molar-refractivity contribution in [1.82, 2.24) is 0 Å². The third-order valence-corrected chi connectivity index (χ3v) is 3.67. The van der Waals surface area contributed by atoms with Gasteiger partial charge in [-0.2, -0.15) is 13.2 Å². The van der Waals surface area contributed by atoms with E-state index in [1.165, 1.54) is 12.1 Å². The van der Waals surface area contributed by atoms with Crippen LogP contribution in [0.15, 0.2) is 53.4 Å². The van der Waals surface area contributed by atoms with Crippen LogP contribution in [0.5, 0.6) is 0 Å². The fraction of sp³-hybridized carbons (Fsp3) is 0.0769. The van der Waals surface area contributed by atoms with E-state index in [0.717, 1.165) is 12.1 Å². The normalized spacial score (nSPS) is 12.4. The highest BCUT2D eigenvalue weighted by atomic mass is 32.2. The van der Waals surface area contributed by atoms with Crippen molar-refractivity contribution < 1.29 is 21.6 Å². The van der Waals surface area contributed by atoms with E-state index in [1.54, 1.807) is 18.2 Å². The van der Waals surface area contributed by atoms with Crippen LogP contribution in [-0.2, 0) is 16.2 Å². The maximum absolute atomic E-state index is 12.7. The molecular formula is C13H10F3NO2S. The molecule has 0 saturated heterocycles. The second-order valence-corrected chi connectivity index (χ2v) is 5.65. The Morgan fingerprint density at radius 1 is 0.950 bits per heavy atom. The van der Waals surface area contributed by atoms with Crippen LogP contribution in [0.2, 0.25) is 0 Å². The molecule has 0 amide bonds. The topological polar surface area (TPSA) is 60.2 Å². The lowest BCUT2D eigenvalue weighted by molar-refractivity contribution is -0.137. The van der Waals surface area contributed by atoms with Crippen LogP contribution in [0, 0.1) is 0 Å². The lowest BCUT2D eigenvalue weighted by Crippen LogP contribution is -2.14. The predicted molar refractivity (Wildman–Crippen MR) is 68.3 cm³/mol. The summed E-state index contributed by atoms with van der Waals surface area (Å²) in [7, 11) is -4.11. The van der Waals surface area contributed by atoms with Crippen LogP contribution < -0.4 is 5.14 Å². The number of halogens is 3. The third-order valence-electron chi connectivity index (χ3n) is 2.70. The highest BCUT2D eigenvalue weighted by molar-refractivity contribution is 7.89. The van der Waals surface area contributed by atoms with Gasteiger partial charge >= 0.3 is 6.18 Å². The second-order valence-electron chi connectivity index (χ2n) is 4.12.